The highest BCUT2D eigenvalue weighted by atomic mass is 15.1. The van der Waals surface area contributed by atoms with Crippen molar-refractivity contribution < 1.29 is 0 Å². The first-order chi connectivity index (χ1) is 8.05. The Bertz CT molecular complexity index is 348. The van der Waals surface area contributed by atoms with Gasteiger partial charge in [-0.25, -0.2) is 0 Å². The summed E-state index contributed by atoms with van der Waals surface area (Å²) in [6, 6.07) is 4.59. The third-order valence-corrected chi connectivity index (χ3v) is 3.59. The summed E-state index contributed by atoms with van der Waals surface area (Å²) in [5.74, 6) is 0.818. The Morgan fingerprint density at radius 3 is 2.88 bits per heavy atom. The van der Waals surface area contributed by atoms with Crippen molar-refractivity contribution in [3.05, 3.63) is 24.0 Å². The molecule has 0 radical (unpaired) electrons. The van der Waals surface area contributed by atoms with Gasteiger partial charge in [-0.2, -0.15) is 10.2 Å². The van der Waals surface area contributed by atoms with Gasteiger partial charge in [0.15, 0.2) is 0 Å². The monoisotopic (exact) mass is 233 g/mol. The second-order valence-corrected chi connectivity index (χ2v) is 6.21. The van der Waals surface area contributed by atoms with E-state index >= 15 is 0 Å². The van der Waals surface area contributed by atoms with Crippen molar-refractivity contribution in [2.45, 2.75) is 52.6 Å². The van der Waals surface area contributed by atoms with E-state index in [1.54, 1.807) is 6.20 Å². The molecule has 0 amide bonds. The van der Waals surface area contributed by atoms with Gasteiger partial charge in [0.05, 0.1) is 5.69 Å². The Balaban J connectivity index is 1.87. The van der Waals surface area contributed by atoms with E-state index in [1.165, 1.54) is 19.3 Å². The third kappa shape index (κ3) is 3.77. The fourth-order valence-electron chi connectivity index (χ4n) is 3.18. The molecule has 0 saturated heterocycles. The summed E-state index contributed by atoms with van der Waals surface area (Å²) in [5, 5.41) is 11.6. The van der Waals surface area contributed by atoms with Crippen LogP contribution in [0.2, 0.25) is 0 Å². The fraction of sp³-hybridized carbons (Fsp3) is 0.714. The molecule has 3 nitrogen and oxygen atoms in total. The van der Waals surface area contributed by atoms with Crippen molar-refractivity contribution in [3.63, 3.8) is 0 Å². The molecule has 0 spiro atoms. The molecule has 0 aliphatic heterocycles. The van der Waals surface area contributed by atoms with Crippen molar-refractivity contribution >= 4 is 0 Å². The van der Waals surface area contributed by atoms with E-state index in [1.807, 2.05) is 12.1 Å². The average molecular weight is 233 g/mol. The maximum atomic E-state index is 4.11. The molecule has 94 valence electrons. The van der Waals surface area contributed by atoms with Crippen LogP contribution in [0.3, 0.4) is 0 Å². The van der Waals surface area contributed by atoms with Crippen LogP contribution < -0.4 is 5.32 Å². The van der Waals surface area contributed by atoms with Gasteiger partial charge in [-0.05, 0) is 42.7 Å². The summed E-state index contributed by atoms with van der Waals surface area (Å²) in [5.41, 5.74) is 1.50. The Morgan fingerprint density at radius 1 is 1.41 bits per heavy atom. The number of nitrogens with one attached hydrogen (secondary N) is 1. The summed E-state index contributed by atoms with van der Waals surface area (Å²) in [7, 11) is 0. The lowest BCUT2D eigenvalue weighted by Gasteiger charge is -2.39. The van der Waals surface area contributed by atoms with Crippen molar-refractivity contribution in [1.29, 1.82) is 0 Å². The molecule has 2 rings (SSSR count). The van der Waals surface area contributed by atoms with Crippen LogP contribution in [0, 0.1) is 11.3 Å². The van der Waals surface area contributed by atoms with Gasteiger partial charge in [-0.15, -0.1) is 0 Å². The van der Waals surface area contributed by atoms with Gasteiger partial charge < -0.3 is 5.32 Å². The van der Waals surface area contributed by atoms with Gasteiger partial charge in [0.1, 0.15) is 0 Å². The molecule has 1 saturated carbocycles. The standard InChI is InChI=1S/C14H23N3/c1-11-7-13(9-14(2,3)8-11)15-10-12-5-4-6-16-17-12/h4-6,11,13,15H,7-10H2,1-3H3. The minimum Gasteiger partial charge on any atom is -0.308 e. The lowest BCUT2D eigenvalue weighted by Crippen LogP contribution is -2.39. The van der Waals surface area contributed by atoms with Crippen molar-refractivity contribution in [2.24, 2.45) is 11.3 Å². The predicted molar refractivity (Wildman–Crippen MR) is 69.5 cm³/mol. The predicted octanol–water partition coefficient (Wildman–Crippen LogP) is 2.78. The highest BCUT2D eigenvalue weighted by Gasteiger charge is 2.31. The number of hydrogen-bond acceptors (Lipinski definition) is 3. The zero-order valence-electron chi connectivity index (χ0n) is 11.1. The summed E-state index contributed by atoms with van der Waals surface area (Å²) in [4.78, 5) is 0. The first-order valence-corrected chi connectivity index (χ1v) is 6.55. The molecule has 0 bridgehead atoms. The summed E-state index contributed by atoms with van der Waals surface area (Å²) < 4.78 is 0. The van der Waals surface area contributed by atoms with Gasteiger partial charge in [0.2, 0.25) is 0 Å². The first-order valence-electron chi connectivity index (χ1n) is 6.55. The topological polar surface area (TPSA) is 37.8 Å². The van der Waals surface area contributed by atoms with Crippen molar-refractivity contribution in [2.75, 3.05) is 0 Å². The van der Waals surface area contributed by atoms with Gasteiger partial charge in [0, 0.05) is 18.8 Å². The molecule has 0 aromatic carbocycles. The largest absolute Gasteiger partial charge is 0.308 e. The van der Waals surface area contributed by atoms with Gasteiger partial charge in [0.25, 0.3) is 0 Å². The quantitative estimate of drug-likeness (QED) is 0.872. The van der Waals surface area contributed by atoms with Crippen LogP contribution in [-0.4, -0.2) is 16.2 Å². The second kappa shape index (κ2) is 5.13. The SMILES string of the molecule is CC1CC(NCc2cccnn2)CC(C)(C)C1. The van der Waals surface area contributed by atoms with Crippen molar-refractivity contribution in [3.8, 4) is 0 Å². The molecule has 2 atom stereocenters. The van der Waals surface area contributed by atoms with E-state index in [9.17, 15) is 0 Å². The molecule has 1 aromatic heterocycles. The highest BCUT2D eigenvalue weighted by Crippen LogP contribution is 2.38. The number of nitrogens with zero attached hydrogens (tertiary/aromatic N) is 2. The fourth-order valence-corrected chi connectivity index (χ4v) is 3.18. The Morgan fingerprint density at radius 2 is 2.24 bits per heavy atom. The summed E-state index contributed by atoms with van der Waals surface area (Å²) >= 11 is 0. The van der Waals surface area contributed by atoms with Crippen LogP contribution in [0.4, 0.5) is 0 Å². The van der Waals surface area contributed by atoms with Gasteiger partial charge in [-0.3, -0.25) is 0 Å². The number of aromatic nitrogens is 2. The van der Waals surface area contributed by atoms with Gasteiger partial charge >= 0.3 is 0 Å². The smallest absolute Gasteiger partial charge is 0.0769 e. The molecule has 1 fully saturated rings. The molecule has 2 unspecified atom stereocenters. The van der Waals surface area contributed by atoms with Gasteiger partial charge in [-0.1, -0.05) is 20.8 Å². The summed E-state index contributed by atoms with van der Waals surface area (Å²) in [6.07, 6.45) is 5.60. The van der Waals surface area contributed by atoms with Crippen LogP contribution in [0.5, 0.6) is 0 Å². The lowest BCUT2D eigenvalue weighted by molar-refractivity contribution is 0.150. The molecular weight excluding hydrogens is 210 g/mol. The number of rotatable bonds is 3. The molecule has 3 heteroatoms. The second-order valence-electron chi connectivity index (χ2n) is 6.21. The maximum Gasteiger partial charge on any atom is 0.0769 e. The third-order valence-electron chi connectivity index (χ3n) is 3.59. The zero-order chi connectivity index (χ0) is 12.3. The Labute approximate surface area is 104 Å². The van der Waals surface area contributed by atoms with E-state index in [4.69, 9.17) is 0 Å². The molecule has 1 aliphatic rings. The van der Waals surface area contributed by atoms with Crippen LogP contribution in [0.25, 0.3) is 0 Å². The molecule has 1 aliphatic carbocycles. The highest BCUT2D eigenvalue weighted by molar-refractivity contribution is 4.99. The maximum absolute atomic E-state index is 4.11. The Hall–Kier alpha value is -0.960. The summed E-state index contributed by atoms with van der Waals surface area (Å²) in [6.45, 7) is 7.94. The minimum absolute atomic E-state index is 0.470. The van der Waals surface area contributed by atoms with Crippen LogP contribution >= 0.6 is 0 Å². The molecule has 1 N–H and O–H groups in total. The normalized spacial score (nSPS) is 27.9. The van der Waals surface area contributed by atoms with E-state index in [0.29, 0.717) is 11.5 Å². The van der Waals surface area contributed by atoms with E-state index in [-0.39, 0.29) is 0 Å². The van der Waals surface area contributed by atoms with Crippen LogP contribution in [0.15, 0.2) is 18.3 Å². The van der Waals surface area contributed by atoms with Crippen LogP contribution in [-0.2, 0) is 6.54 Å². The molecular formula is C14H23N3. The van der Waals surface area contributed by atoms with E-state index in [2.05, 4.69) is 36.3 Å². The van der Waals surface area contributed by atoms with E-state index < -0.39 is 0 Å². The van der Waals surface area contributed by atoms with Crippen molar-refractivity contribution in [1.82, 2.24) is 15.5 Å². The molecule has 1 aromatic rings. The molecule has 17 heavy (non-hydrogen) atoms. The molecule has 1 heterocycles. The number of hydrogen-bond donors (Lipinski definition) is 1. The zero-order valence-corrected chi connectivity index (χ0v) is 11.1. The Kier molecular flexibility index (Phi) is 3.77. The lowest BCUT2D eigenvalue weighted by atomic mass is 9.70. The van der Waals surface area contributed by atoms with Crippen LogP contribution in [0.1, 0.15) is 45.7 Å². The average Bonchev–Trinajstić information content (AvgIpc) is 2.25. The first kappa shape index (κ1) is 12.5. The van der Waals surface area contributed by atoms with E-state index in [0.717, 1.165) is 18.2 Å². The minimum atomic E-state index is 0.470.